The summed E-state index contributed by atoms with van der Waals surface area (Å²) in [7, 11) is 2.01. The highest BCUT2D eigenvalue weighted by Gasteiger charge is 2.11. The molecule has 1 aromatic carbocycles. The van der Waals surface area contributed by atoms with E-state index in [-0.39, 0.29) is 12.6 Å². The van der Waals surface area contributed by atoms with Gasteiger partial charge < -0.3 is 14.9 Å². The predicted molar refractivity (Wildman–Crippen MR) is 67.1 cm³/mol. The molecule has 0 aromatic heterocycles. The molecule has 0 fully saturated rings. The van der Waals surface area contributed by atoms with E-state index in [1.54, 1.807) is 12.1 Å². The highest BCUT2D eigenvalue weighted by atomic mass is 16.5. The second-order valence-corrected chi connectivity index (χ2v) is 4.09. The Kier molecular flexibility index (Phi) is 5.97. The Morgan fingerprint density at radius 1 is 1.35 bits per heavy atom. The standard InChI is InChI=1S/C13H21NO3/c1-11(12-4-3-5-13(16)10-12)14(2)6-8-17-9-7-15/h3-5,10-11,15-16H,6-9H2,1-2H3. The molecular weight excluding hydrogens is 218 g/mol. The van der Waals surface area contributed by atoms with Crippen LogP contribution in [0.5, 0.6) is 5.75 Å². The Morgan fingerprint density at radius 3 is 2.76 bits per heavy atom. The van der Waals surface area contributed by atoms with Crippen molar-refractivity contribution in [3.8, 4) is 5.75 Å². The van der Waals surface area contributed by atoms with Crippen LogP contribution >= 0.6 is 0 Å². The molecule has 1 unspecified atom stereocenters. The van der Waals surface area contributed by atoms with Crippen molar-refractivity contribution < 1.29 is 14.9 Å². The SMILES string of the molecule is CC(c1cccc(O)c1)N(C)CCOCCO. The Hall–Kier alpha value is -1.10. The molecule has 1 atom stereocenters. The normalized spacial score (nSPS) is 12.9. The fourth-order valence-electron chi connectivity index (χ4n) is 1.61. The molecule has 1 aromatic rings. The summed E-state index contributed by atoms with van der Waals surface area (Å²) in [6, 6.07) is 7.50. The predicted octanol–water partition coefficient (Wildman–Crippen LogP) is 1.39. The van der Waals surface area contributed by atoms with Gasteiger partial charge in [0.15, 0.2) is 0 Å². The molecular formula is C13H21NO3. The topological polar surface area (TPSA) is 52.9 Å². The van der Waals surface area contributed by atoms with Crippen LogP contribution in [0.15, 0.2) is 24.3 Å². The van der Waals surface area contributed by atoms with Gasteiger partial charge in [0.25, 0.3) is 0 Å². The lowest BCUT2D eigenvalue weighted by atomic mass is 10.1. The average Bonchev–Trinajstić information content (AvgIpc) is 2.33. The van der Waals surface area contributed by atoms with Gasteiger partial charge in [-0.25, -0.2) is 0 Å². The Bertz CT molecular complexity index is 330. The molecule has 96 valence electrons. The van der Waals surface area contributed by atoms with Crippen molar-refractivity contribution >= 4 is 0 Å². The lowest BCUT2D eigenvalue weighted by Gasteiger charge is -2.25. The van der Waals surface area contributed by atoms with Gasteiger partial charge in [0, 0.05) is 12.6 Å². The van der Waals surface area contributed by atoms with Crippen LogP contribution in [-0.2, 0) is 4.74 Å². The van der Waals surface area contributed by atoms with Gasteiger partial charge in [-0.05, 0) is 31.7 Å². The first-order chi connectivity index (χ1) is 8.15. The van der Waals surface area contributed by atoms with E-state index in [1.807, 2.05) is 19.2 Å². The van der Waals surface area contributed by atoms with E-state index in [0.29, 0.717) is 19.0 Å². The molecule has 0 saturated carbocycles. The third-order valence-electron chi connectivity index (χ3n) is 2.84. The number of hydrogen-bond donors (Lipinski definition) is 2. The van der Waals surface area contributed by atoms with Crippen molar-refractivity contribution in [2.45, 2.75) is 13.0 Å². The van der Waals surface area contributed by atoms with E-state index in [9.17, 15) is 5.11 Å². The van der Waals surface area contributed by atoms with E-state index in [4.69, 9.17) is 9.84 Å². The Labute approximate surface area is 102 Å². The highest BCUT2D eigenvalue weighted by molar-refractivity contribution is 5.29. The van der Waals surface area contributed by atoms with Crippen LogP contribution in [0.1, 0.15) is 18.5 Å². The molecule has 17 heavy (non-hydrogen) atoms. The van der Waals surface area contributed by atoms with E-state index < -0.39 is 0 Å². The minimum absolute atomic E-state index is 0.0613. The first-order valence-corrected chi connectivity index (χ1v) is 5.83. The summed E-state index contributed by atoms with van der Waals surface area (Å²) in [4.78, 5) is 2.14. The molecule has 0 bridgehead atoms. The molecule has 4 nitrogen and oxygen atoms in total. The number of phenolic OH excluding ortho intramolecular Hbond substituents is 1. The van der Waals surface area contributed by atoms with Crippen LogP contribution in [0.4, 0.5) is 0 Å². The van der Waals surface area contributed by atoms with Crippen molar-refractivity contribution in [3.63, 3.8) is 0 Å². The van der Waals surface area contributed by atoms with Crippen LogP contribution in [0, 0.1) is 0 Å². The fraction of sp³-hybridized carbons (Fsp3) is 0.538. The molecule has 0 saturated heterocycles. The van der Waals surface area contributed by atoms with Crippen LogP contribution in [0.3, 0.4) is 0 Å². The number of aromatic hydroxyl groups is 1. The molecule has 0 aliphatic heterocycles. The van der Waals surface area contributed by atoms with E-state index >= 15 is 0 Å². The number of rotatable bonds is 7. The molecule has 0 spiro atoms. The lowest BCUT2D eigenvalue weighted by Crippen LogP contribution is -2.26. The second kappa shape index (κ2) is 7.27. The van der Waals surface area contributed by atoms with Crippen molar-refractivity contribution in [2.24, 2.45) is 0 Å². The first kappa shape index (κ1) is 14.0. The number of aliphatic hydroxyl groups excluding tert-OH is 1. The van der Waals surface area contributed by atoms with Gasteiger partial charge in [-0.3, -0.25) is 4.90 Å². The number of benzene rings is 1. The molecule has 4 heteroatoms. The fourth-order valence-corrected chi connectivity index (χ4v) is 1.61. The average molecular weight is 239 g/mol. The maximum atomic E-state index is 9.42. The summed E-state index contributed by atoms with van der Waals surface area (Å²) in [6.45, 7) is 3.91. The van der Waals surface area contributed by atoms with Gasteiger partial charge in [-0.15, -0.1) is 0 Å². The number of aliphatic hydroxyl groups is 1. The number of nitrogens with zero attached hydrogens (tertiary/aromatic N) is 1. The quantitative estimate of drug-likeness (QED) is 0.706. The summed E-state index contributed by atoms with van der Waals surface area (Å²) < 4.78 is 5.22. The molecule has 2 N–H and O–H groups in total. The highest BCUT2D eigenvalue weighted by Crippen LogP contribution is 2.21. The minimum Gasteiger partial charge on any atom is -0.508 e. The summed E-state index contributed by atoms with van der Waals surface area (Å²) in [6.07, 6.45) is 0. The number of ether oxygens (including phenoxy) is 1. The van der Waals surface area contributed by atoms with Gasteiger partial charge in [-0.1, -0.05) is 12.1 Å². The largest absolute Gasteiger partial charge is 0.508 e. The van der Waals surface area contributed by atoms with Crippen LogP contribution in [-0.4, -0.2) is 48.5 Å². The van der Waals surface area contributed by atoms with Crippen molar-refractivity contribution in [1.29, 1.82) is 0 Å². The molecule has 0 aliphatic rings. The summed E-state index contributed by atoms with van der Waals surface area (Å²) >= 11 is 0. The van der Waals surface area contributed by atoms with Crippen molar-refractivity contribution in [3.05, 3.63) is 29.8 Å². The zero-order chi connectivity index (χ0) is 12.7. The zero-order valence-electron chi connectivity index (χ0n) is 10.5. The summed E-state index contributed by atoms with van der Waals surface area (Å²) in [5, 5.41) is 18.0. The number of phenols is 1. The number of hydrogen-bond acceptors (Lipinski definition) is 4. The van der Waals surface area contributed by atoms with Gasteiger partial charge in [-0.2, -0.15) is 0 Å². The van der Waals surface area contributed by atoms with Crippen molar-refractivity contribution in [1.82, 2.24) is 4.90 Å². The Morgan fingerprint density at radius 2 is 2.12 bits per heavy atom. The van der Waals surface area contributed by atoms with Gasteiger partial charge in [0.05, 0.1) is 19.8 Å². The third kappa shape index (κ3) is 4.73. The van der Waals surface area contributed by atoms with Gasteiger partial charge >= 0.3 is 0 Å². The molecule has 0 radical (unpaired) electrons. The van der Waals surface area contributed by atoms with Crippen LogP contribution < -0.4 is 0 Å². The molecule has 0 amide bonds. The maximum absolute atomic E-state index is 9.42. The monoisotopic (exact) mass is 239 g/mol. The van der Waals surface area contributed by atoms with Crippen LogP contribution in [0.2, 0.25) is 0 Å². The molecule has 1 rings (SSSR count). The van der Waals surface area contributed by atoms with E-state index in [2.05, 4.69) is 11.8 Å². The maximum Gasteiger partial charge on any atom is 0.115 e. The molecule has 0 heterocycles. The zero-order valence-corrected chi connectivity index (χ0v) is 10.5. The smallest absolute Gasteiger partial charge is 0.115 e. The summed E-state index contributed by atoms with van der Waals surface area (Å²) in [5.41, 5.74) is 1.08. The first-order valence-electron chi connectivity index (χ1n) is 5.83. The van der Waals surface area contributed by atoms with Gasteiger partial charge in [0.1, 0.15) is 5.75 Å². The third-order valence-corrected chi connectivity index (χ3v) is 2.84. The van der Waals surface area contributed by atoms with Gasteiger partial charge in [0.2, 0.25) is 0 Å². The summed E-state index contributed by atoms with van der Waals surface area (Å²) in [5.74, 6) is 0.291. The second-order valence-electron chi connectivity index (χ2n) is 4.09. The Balaban J connectivity index is 2.43. The molecule has 0 aliphatic carbocycles. The van der Waals surface area contributed by atoms with E-state index in [1.165, 1.54) is 0 Å². The minimum atomic E-state index is 0.0613. The van der Waals surface area contributed by atoms with Crippen molar-refractivity contribution in [2.75, 3.05) is 33.4 Å². The van der Waals surface area contributed by atoms with E-state index in [0.717, 1.165) is 12.1 Å². The lowest BCUT2D eigenvalue weighted by molar-refractivity contribution is 0.0719. The van der Waals surface area contributed by atoms with Crippen LogP contribution in [0.25, 0.3) is 0 Å². The number of likely N-dealkylation sites (N-methyl/N-ethyl adjacent to an activating group) is 1.